The van der Waals surface area contributed by atoms with Crippen LogP contribution in [-0.4, -0.2) is 0 Å². The molecule has 0 fully saturated rings. The summed E-state index contributed by atoms with van der Waals surface area (Å²) in [4.78, 5) is 0. The van der Waals surface area contributed by atoms with Crippen LogP contribution in [0, 0.1) is 17.2 Å². The van der Waals surface area contributed by atoms with Crippen LogP contribution in [-0.2, 0) is 0 Å². The van der Waals surface area contributed by atoms with Gasteiger partial charge in [0.05, 0.1) is 6.07 Å². The molecule has 0 saturated carbocycles. The predicted octanol–water partition coefficient (Wildman–Crippen LogP) is 2.65. The van der Waals surface area contributed by atoms with Crippen LogP contribution in [0.5, 0.6) is 0 Å². The van der Waals surface area contributed by atoms with E-state index in [1.165, 1.54) is 18.4 Å². The summed E-state index contributed by atoms with van der Waals surface area (Å²) in [5.74, 6) is 0.647. The smallest absolute Gasteiger partial charge is 0.0624 e. The topological polar surface area (TPSA) is 23.8 Å². The molecule has 0 radical (unpaired) electrons. The third-order valence-corrected chi connectivity index (χ3v) is 2.13. The van der Waals surface area contributed by atoms with Gasteiger partial charge in [-0.15, -0.1) is 0 Å². The molecule has 0 bridgehead atoms. The largest absolute Gasteiger partial charge is 0.198 e. The fourth-order valence-electron chi connectivity index (χ4n) is 1.33. The Morgan fingerprint density at radius 2 is 2.60 bits per heavy atom. The molecule has 1 aliphatic carbocycles. The average molecular weight is 135 g/mol. The Labute approximate surface area is 62.4 Å². The molecule has 0 heterocycles. The maximum atomic E-state index is 8.41. The van der Waals surface area contributed by atoms with E-state index in [1.54, 1.807) is 0 Å². The van der Waals surface area contributed by atoms with Crippen LogP contribution in [0.15, 0.2) is 11.6 Å². The Bertz CT molecular complexity index is 174. The highest BCUT2D eigenvalue weighted by atomic mass is 14.3. The zero-order valence-electron chi connectivity index (χ0n) is 6.43. The molecule has 1 aliphatic rings. The van der Waals surface area contributed by atoms with E-state index in [9.17, 15) is 0 Å². The maximum absolute atomic E-state index is 8.41. The van der Waals surface area contributed by atoms with E-state index in [0.717, 1.165) is 12.8 Å². The van der Waals surface area contributed by atoms with Gasteiger partial charge in [0.1, 0.15) is 0 Å². The van der Waals surface area contributed by atoms with E-state index in [1.807, 2.05) is 0 Å². The van der Waals surface area contributed by atoms with E-state index >= 15 is 0 Å². The molecule has 0 saturated heterocycles. The standard InChI is InChI=1S/C9H13N/c1-8-2-4-9(5-3-8)6-7-10/h2,9H,3-6H2,1H3. The lowest BCUT2D eigenvalue weighted by atomic mass is 9.88. The summed E-state index contributed by atoms with van der Waals surface area (Å²) in [6.45, 7) is 2.17. The summed E-state index contributed by atoms with van der Waals surface area (Å²) in [5.41, 5.74) is 1.49. The molecule has 1 rings (SSSR count). The van der Waals surface area contributed by atoms with Crippen LogP contribution >= 0.6 is 0 Å². The molecule has 1 nitrogen and oxygen atoms in total. The van der Waals surface area contributed by atoms with Gasteiger partial charge in [0.25, 0.3) is 0 Å². The number of nitrogens with zero attached hydrogens (tertiary/aromatic N) is 1. The van der Waals surface area contributed by atoms with Gasteiger partial charge >= 0.3 is 0 Å². The Morgan fingerprint density at radius 3 is 3.10 bits per heavy atom. The third-order valence-electron chi connectivity index (χ3n) is 2.13. The average Bonchev–Trinajstić information content (AvgIpc) is 1.95. The second kappa shape index (κ2) is 3.41. The second-order valence-corrected chi connectivity index (χ2v) is 3.05. The van der Waals surface area contributed by atoms with Crippen LogP contribution in [0.25, 0.3) is 0 Å². The lowest BCUT2D eigenvalue weighted by Crippen LogP contribution is -2.03. The Morgan fingerprint density at radius 1 is 1.80 bits per heavy atom. The van der Waals surface area contributed by atoms with E-state index in [2.05, 4.69) is 19.1 Å². The van der Waals surface area contributed by atoms with Gasteiger partial charge in [-0.2, -0.15) is 5.26 Å². The molecule has 54 valence electrons. The highest BCUT2D eigenvalue weighted by molar-refractivity contribution is 5.03. The third kappa shape index (κ3) is 1.88. The molecule has 1 heteroatoms. The fraction of sp³-hybridized carbons (Fsp3) is 0.667. The normalized spacial score (nSPS) is 25.2. The summed E-state index contributed by atoms with van der Waals surface area (Å²) in [7, 11) is 0. The SMILES string of the molecule is CC1=CCC(CC#N)CC1. The van der Waals surface area contributed by atoms with Crippen molar-refractivity contribution < 1.29 is 0 Å². The van der Waals surface area contributed by atoms with Gasteiger partial charge in [0.2, 0.25) is 0 Å². The molecule has 1 atom stereocenters. The van der Waals surface area contributed by atoms with Gasteiger partial charge < -0.3 is 0 Å². The van der Waals surface area contributed by atoms with E-state index < -0.39 is 0 Å². The van der Waals surface area contributed by atoms with Crippen molar-refractivity contribution in [3.63, 3.8) is 0 Å². The first kappa shape index (κ1) is 7.34. The van der Waals surface area contributed by atoms with Gasteiger partial charge in [-0.3, -0.25) is 0 Å². The first-order valence-corrected chi connectivity index (χ1v) is 3.85. The van der Waals surface area contributed by atoms with Crippen molar-refractivity contribution in [2.45, 2.75) is 32.6 Å². The van der Waals surface area contributed by atoms with Crippen LogP contribution in [0.3, 0.4) is 0 Å². The number of nitriles is 1. The number of rotatable bonds is 1. The number of allylic oxidation sites excluding steroid dienone is 2. The molecule has 0 aromatic rings. The van der Waals surface area contributed by atoms with Crippen molar-refractivity contribution in [3.8, 4) is 6.07 Å². The van der Waals surface area contributed by atoms with Crippen LogP contribution < -0.4 is 0 Å². The van der Waals surface area contributed by atoms with Crippen molar-refractivity contribution in [2.24, 2.45) is 5.92 Å². The van der Waals surface area contributed by atoms with E-state index in [-0.39, 0.29) is 0 Å². The lowest BCUT2D eigenvalue weighted by molar-refractivity contribution is 0.480. The van der Waals surface area contributed by atoms with Crippen LogP contribution in [0.4, 0.5) is 0 Å². The molecule has 0 spiro atoms. The Balaban J connectivity index is 2.36. The minimum atomic E-state index is 0.647. The molecule has 10 heavy (non-hydrogen) atoms. The number of hydrogen-bond acceptors (Lipinski definition) is 1. The zero-order valence-corrected chi connectivity index (χ0v) is 6.43. The Kier molecular flexibility index (Phi) is 2.50. The second-order valence-electron chi connectivity index (χ2n) is 3.05. The van der Waals surface area contributed by atoms with Crippen molar-refractivity contribution in [2.75, 3.05) is 0 Å². The minimum Gasteiger partial charge on any atom is -0.198 e. The predicted molar refractivity (Wildman–Crippen MR) is 41.3 cm³/mol. The van der Waals surface area contributed by atoms with Gasteiger partial charge in [0.15, 0.2) is 0 Å². The Hall–Kier alpha value is -0.770. The molecular weight excluding hydrogens is 122 g/mol. The van der Waals surface area contributed by atoms with Gasteiger partial charge in [-0.1, -0.05) is 11.6 Å². The first-order chi connectivity index (χ1) is 4.83. The summed E-state index contributed by atoms with van der Waals surface area (Å²) in [6.07, 6.45) is 6.55. The monoisotopic (exact) mass is 135 g/mol. The van der Waals surface area contributed by atoms with Crippen LogP contribution in [0.1, 0.15) is 32.6 Å². The summed E-state index contributed by atoms with van der Waals surface area (Å²) >= 11 is 0. The van der Waals surface area contributed by atoms with E-state index in [0.29, 0.717) is 5.92 Å². The number of hydrogen-bond donors (Lipinski definition) is 0. The summed E-state index contributed by atoms with van der Waals surface area (Å²) < 4.78 is 0. The van der Waals surface area contributed by atoms with Gasteiger partial charge in [0, 0.05) is 6.42 Å². The van der Waals surface area contributed by atoms with Gasteiger partial charge in [-0.05, 0) is 32.1 Å². The quantitative estimate of drug-likeness (QED) is 0.507. The van der Waals surface area contributed by atoms with Gasteiger partial charge in [-0.25, -0.2) is 0 Å². The van der Waals surface area contributed by atoms with Crippen molar-refractivity contribution >= 4 is 0 Å². The summed E-state index contributed by atoms with van der Waals surface area (Å²) in [6, 6.07) is 2.22. The van der Waals surface area contributed by atoms with Crippen molar-refractivity contribution in [1.29, 1.82) is 5.26 Å². The zero-order chi connectivity index (χ0) is 7.40. The highest BCUT2D eigenvalue weighted by Crippen LogP contribution is 2.24. The van der Waals surface area contributed by atoms with Crippen LogP contribution in [0.2, 0.25) is 0 Å². The maximum Gasteiger partial charge on any atom is 0.0624 e. The lowest BCUT2D eigenvalue weighted by Gasteiger charge is -2.16. The molecule has 0 aromatic carbocycles. The molecule has 0 amide bonds. The summed E-state index contributed by atoms with van der Waals surface area (Å²) in [5, 5.41) is 8.41. The van der Waals surface area contributed by atoms with Crippen molar-refractivity contribution in [3.05, 3.63) is 11.6 Å². The highest BCUT2D eigenvalue weighted by Gasteiger charge is 2.10. The van der Waals surface area contributed by atoms with E-state index in [4.69, 9.17) is 5.26 Å². The first-order valence-electron chi connectivity index (χ1n) is 3.85. The minimum absolute atomic E-state index is 0.647. The fourth-order valence-corrected chi connectivity index (χ4v) is 1.33. The molecule has 0 aromatic heterocycles. The molecule has 1 unspecified atom stereocenters. The molecule has 0 aliphatic heterocycles. The molecule has 0 N–H and O–H groups in total. The van der Waals surface area contributed by atoms with Crippen molar-refractivity contribution in [1.82, 2.24) is 0 Å². The molecular formula is C9H13N.